The van der Waals surface area contributed by atoms with Gasteiger partial charge in [-0.3, -0.25) is 9.59 Å². The molecule has 1 aromatic heterocycles. The van der Waals surface area contributed by atoms with Gasteiger partial charge in [-0.15, -0.1) is 0 Å². The Kier molecular flexibility index (Phi) is 6.76. The van der Waals surface area contributed by atoms with Crippen LogP contribution in [0.3, 0.4) is 0 Å². The third-order valence-electron chi connectivity index (χ3n) is 8.59. The molecule has 3 N–H and O–H groups in total. The first-order valence-corrected chi connectivity index (χ1v) is 14.0. The molecule has 0 unspecified atom stereocenters. The molecule has 6 rings (SSSR count). The number of aromatic nitrogens is 1. The summed E-state index contributed by atoms with van der Waals surface area (Å²) >= 11 is 0. The lowest BCUT2D eigenvalue weighted by molar-refractivity contribution is -0.123. The van der Waals surface area contributed by atoms with Crippen LogP contribution >= 0.6 is 0 Å². The number of nitrogens with zero attached hydrogens (tertiary/aromatic N) is 1. The van der Waals surface area contributed by atoms with Gasteiger partial charge in [-0.2, -0.15) is 0 Å². The van der Waals surface area contributed by atoms with Crippen LogP contribution in [0.2, 0.25) is 0 Å². The summed E-state index contributed by atoms with van der Waals surface area (Å²) in [5.74, 6) is 1.21. The predicted molar refractivity (Wildman–Crippen MR) is 146 cm³/mol. The topological polar surface area (TPSA) is 85.4 Å². The summed E-state index contributed by atoms with van der Waals surface area (Å²) in [6, 6.07) is 13.4. The van der Waals surface area contributed by atoms with Crippen molar-refractivity contribution in [3.05, 3.63) is 65.4 Å². The number of Topliss-reactive ketones (excluding diaryl/α,β-unsaturated/α-hetero) is 1. The van der Waals surface area contributed by atoms with Crippen molar-refractivity contribution in [2.45, 2.75) is 69.9 Å². The van der Waals surface area contributed by atoms with Gasteiger partial charge in [0.1, 0.15) is 6.04 Å². The second kappa shape index (κ2) is 10.3. The van der Waals surface area contributed by atoms with Crippen molar-refractivity contribution in [1.82, 2.24) is 10.3 Å². The molecule has 2 aromatic carbocycles. The van der Waals surface area contributed by atoms with E-state index < -0.39 is 6.04 Å². The summed E-state index contributed by atoms with van der Waals surface area (Å²) in [5, 5.41) is 14.3. The Labute approximate surface area is 218 Å². The van der Waals surface area contributed by atoms with E-state index in [0.717, 1.165) is 52.7 Å². The maximum atomic E-state index is 13.7. The molecule has 3 aliphatic rings. The quantitative estimate of drug-likeness (QED) is 0.389. The summed E-state index contributed by atoms with van der Waals surface area (Å²) in [6.45, 7) is 0.679. The molecular formula is C31H37N3O3. The third-order valence-corrected chi connectivity index (χ3v) is 8.59. The van der Waals surface area contributed by atoms with Crippen molar-refractivity contribution in [3.63, 3.8) is 0 Å². The van der Waals surface area contributed by atoms with Crippen molar-refractivity contribution in [1.29, 1.82) is 0 Å². The Bertz CT molecular complexity index is 1270. The fourth-order valence-corrected chi connectivity index (χ4v) is 6.40. The minimum absolute atomic E-state index is 0.0489. The average molecular weight is 500 g/mol. The highest BCUT2D eigenvalue weighted by atomic mass is 16.3. The predicted octanol–water partition coefficient (Wildman–Crippen LogP) is 4.79. The Hall–Kier alpha value is -3.12. The lowest BCUT2D eigenvalue weighted by Crippen LogP contribution is -2.52. The smallest absolute Gasteiger partial charge is 0.243 e. The Balaban J connectivity index is 1.45. The number of carbonyl (C=O) groups excluding carboxylic acids is 2. The zero-order valence-corrected chi connectivity index (χ0v) is 21.4. The van der Waals surface area contributed by atoms with Crippen molar-refractivity contribution in [3.8, 4) is 0 Å². The fourth-order valence-electron chi connectivity index (χ4n) is 6.40. The standard InChI is InChI=1S/C31H37N3O3/c35-19-24-16-23-17-32-30-25(28(36)15-21-8-4-5-9-21)12-13-26(29(23)30)34(18-22-10-11-22)27(31(37)33-24)14-20-6-2-1-3-7-20/h1-3,6-7,12-13,17,21-22,24,27,32,35H,4-5,8-11,14-16,18-19H2,(H,33,37)/t24-,27-/m0/s1. The first-order valence-electron chi connectivity index (χ1n) is 14.0. The van der Waals surface area contributed by atoms with Gasteiger partial charge in [-0.25, -0.2) is 0 Å². The largest absolute Gasteiger partial charge is 0.394 e. The van der Waals surface area contributed by atoms with E-state index in [4.69, 9.17) is 0 Å². The summed E-state index contributed by atoms with van der Waals surface area (Å²) in [6.07, 6.45) is 10.8. The van der Waals surface area contributed by atoms with E-state index in [9.17, 15) is 14.7 Å². The first-order chi connectivity index (χ1) is 18.1. The lowest BCUT2D eigenvalue weighted by atomic mass is 9.94. The molecule has 37 heavy (non-hydrogen) atoms. The number of rotatable bonds is 8. The Morgan fingerprint density at radius 2 is 1.78 bits per heavy atom. The molecule has 2 atom stereocenters. The zero-order chi connectivity index (χ0) is 25.4. The molecule has 0 radical (unpaired) electrons. The molecule has 1 aliphatic heterocycles. The minimum Gasteiger partial charge on any atom is -0.394 e. The molecule has 6 heteroatoms. The minimum atomic E-state index is -0.402. The maximum absolute atomic E-state index is 13.7. The van der Waals surface area contributed by atoms with Crippen LogP contribution < -0.4 is 10.2 Å². The van der Waals surface area contributed by atoms with E-state index in [1.54, 1.807) is 0 Å². The van der Waals surface area contributed by atoms with Crippen LogP contribution in [0.1, 0.15) is 66.4 Å². The fraction of sp³-hybridized carbons (Fsp3) is 0.484. The van der Waals surface area contributed by atoms with Gasteiger partial charge in [-0.1, -0.05) is 56.0 Å². The number of carbonyl (C=O) groups is 2. The summed E-state index contributed by atoms with van der Waals surface area (Å²) in [7, 11) is 0. The number of H-pyrrole nitrogens is 1. The van der Waals surface area contributed by atoms with Gasteiger partial charge in [0.25, 0.3) is 0 Å². The molecule has 194 valence electrons. The second-order valence-electron chi connectivity index (χ2n) is 11.4. The van der Waals surface area contributed by atoms with Crippen LogP contribution in [0.25, 0.3) is 10.9 Å². The number of aliphatic hydroxyl groups excluding tert-OH is 1. The van der Waals surface area contributed by atoms with Crippen molar-refractivity contribution in [2.75, 3.05) is 18.1 Å². The zero-order valence-electron chi connectivity index (χ0n) is 21.4. The normalized spacial score (nSPS) is 22.5. The molecule has 2 aliphatic carbocycles. The second-order valence-corrected chi connectivity index (χ2v) is 11.4. The van der Waals surface area contributed by atoms with E-state index in [1.165, 1.54) is 25.7 Å². The number of aromatic amines is 1. The van der Waals surface area contributed by atoms with E-state index in [2.05, 4.69) is 33.4 Å². The van der Waals surface area contributed by atoms with Gasteiger partial charge in [0, 0.05) is 42.2 Å². The number of benzene rings is 2. The highest BCUT2D eigenvalue weighted by molar-refractivity contribution is 6.11. The van der Waals surface area contributed by atoms with Gasteiger partial charge in [0.15, 0.2) is 5.78 Å². The van der Waals surface area contributed by atoms with Crippen LogP contribution in [0.5, 0.6) is 0 Å². The van der Waals surface area contributed by atoms with Gasteiger partial charge >= 0.3 is 0 Å². The first kappa shape index (κ1) is 24.2. The van der Waals surface area contributed by atoms with Gasteiger partial charge in [0.2, 0.25) is 5.91 Å². The summed E-state index contributed by atoms with van der Waals surface area (Å²) < 4.78 is 0. The van der Waals surface area contributed by atoms with E-state index >= 15 is 0 Å². The average Bonchev–Trinajstić information content (AvgIpc) is 3.39. The van der Waals surface area contributed by atoms with E-state index in [1.807, 2.05) is 30.5 Å². The molecule has 0 bridgehead atoms. The lowest BCUT2D eigenvalue weighted by Gasteiger charge is -2.34. The van der Waals surface area contributed by atoms with Gasteiger partial charge in [-0.05, 0) is 54.4 Å². The van der Waals surface area contributed by atoms with Crippen molar-refractivity contribution >= 4 is 28.3 Å². The Morgan fingerprint density at radius 3 is 2.51 bits per heavy atom. The highest BCUT2D eigenvalue weighted by Gasteiger charge is 2.36. The number of anilines is 1. The number of ketones is 1. The van der Waals surface area contributed by atoms with Crippen LogP contribution in [0.15, 0.2) is 48.7 Å². The molecule has 1 amide bonds. The van der Waals surface area contributed by atoms with Crippen LogP contribution in [-0.4, -0.2) is 47.0 Å². The monoisotopic (exact) mass is 499 g/mol. The number of hydrogen-bond donors (Lipinski definition) is 3. The number of nitrogens with one attached hydrogen (secondary N) is 2. The van der Waals surface area contributed by atoms with Crippen molar-refractivity contribution < 1.29 is 14.7 Å². The summed E-state index contributed by atoms with van der Waals surface area (Å²) in [5.41, 5.74) is 4.80. The van der Waals surface area contributed by atoms with E-state index in [-0.39, 0.29) is 24.3 Å². The molecular weight excluding hydrogens is 462 g/mol. The number of aliphatic hydroxyl groups is 1. The maximum Gasteiger partial charge on any atom is 0.243 e. The summed E-state index contributed by atoms with van der Waals surface area (Å²) in [4.78, 5) is 32.9. The molecule has 2 saturated carbocycles. The molecule has 0 saturated heterocycles. The molecule has 2 fully saturated rings. The Morgan fingerprint density at radius 1 is 1.00 bits per heavy atom. The molecule has 2 heterocycles. The van der Waals surface area contributed by atoms with Crippen LogP contribution in [-0.2, 0) is 17.6 Å². The third kappa shape index (κ3) is 5.04. The highest BCUT2D eigenvalue weighted by Crippen LogP contribution is 2.40. The van der Waals surface area contributed by atoms with Crippen LogP contribution in [0, 0.1) is 11.8 Å². The number of amides is 1. The molecule has 3 aromatic rings. The van der Waals surface area contributed by atoms with Crippen molar-refractivity contribution in [2.24, 2.45) is 11.8 Å². The van der Waals surface area contributed by atoms with Gasteiger partial charge in [0.05, 0.1) is 18.2 Å². The number of hydrogen-bond acceptors (Lipinski definition) is 4. The van der Waals surface area contributed by atoms with Crippen LogP contribution in [0.4, 0.5) is 5.69 Å². The molecule has 6 nitrogen and oxygen atoms in total. The SMILES string of the molecule is O=C(CC1CCCC1)c1ccc2c3c(c[nH]c13)C[C@@H](CO)NC(=O)[C@H](Cc1ccccc1)N2CC1CC1. The molecule has 0 spiro atoms. The van der Waals surface area contributed by atoms with E-state index in [0.29, 0.717) is 31.1 Å². The van der Waals surface area contributed by atoms with Gasteiger partial charge < -0.3 is 20.3 Å².